The van der Waals surface area contributed by atoms with Crippen LogP contribution in [-0.2, 0) is 4.74 Å². The van der Waals surface area contributed by atoms with Gasteiger partial charge >= 0.3 is 0 Å². The molecule has 5 nitrogen and oxygen atoms in total. The standard InChI is InChI=1S/C22H30N2O3S/c25-12-10-23-22(26)21-20(17-8-4-5-9-19(17)28-21)18-15-24(11-13-27-18)14-16-6-2-1-3-7-16/h4-5,8-9,16,18,25H,1-3,6-7,10-15H2,(H,23,26). The summed E-state index contributed by atoms with van der Waals surface area (Å²) in [6.45, 7) is 3.89. The molecule has 2 fully saturated rings. The number of benzene rings is 1. The van der Waals surface area contributed by atoms with E-state index < -0.39 is 0 Å². The number of amides is 1. The van der Waals surface area contributed by atoms with Crippen molar-refractivity contribution in [3.8, 4) is 0 Å². The Balaban J connectivity index is 1.57. The summed E-state index contributed by atoms with van der Waals surface area (Å²) in [5.41, 5.74) is 1.02. The van der Waals surface area contributed by atoms with Crippen LogP contribution in [0.1, 0.15) is 53.4 Å². The zero-order valence-electron chi connectivity index (χ0n) is 16.4. The van der Waals surface area contributed by atoms with E-state index in [0.29, 0.717) is 6.61 Å². The van der Waals surface area contributed by atoms with Crippen LogP contribution in [0.5, 0.6) is 0 Å². The molecule has 1 aromatic carbocycles. The predicted octanol–water partition coefficient (Wildman–Crippen LogP) is 3.58. The molecule has 1 aliphatic heterocycles. The second kappa shape index (κ2) is 9.35. The molecule has 0 radical (unpaired) electrons. The lowest BCUT2D eigenvalue weighted by Crippen LogP contribution is -2.41. The van der Waals surface area contributed by atoms with E-state index in [9.17, 15) is 4.79 Å². The molecule has 152 valence electrons. The Labute approximate surface area is 170 Å². The zero-order chi connectivity index (χ0) is 19.3. The van der Waals surface area contributed by atoms with Gasteiger partial charge in [-0.25, -0.2) is 0 Å². The molecule has 0 bridgehead atoms. The maximum absolute atomic E-state index is 12.8. The number of ether oxygens (including phenoxy) is 1. The van der Waals surface area contributed by atoms with E-state index in [2.05, 4.69) is 22.3 Å². The van der Waals surface area contributed by atoms with Crippen molar-refractivity contribution in [2.24, 2.45) is 5.92 Å². The van der Waals surface area contributed by atoms with Gasteiger partial charge in [0.25, 0.3) is 5.91 Å². The van der Waals surface area contributed by atoms with E-state index in [4.69, 9.17) is 9.84 Å². The number of carbonyl (C=O) groups excluding carboxylic acids is 1. The molecule has 28 heavy (non-hydrogen) atoms. The third-order valence-corrected chi connectivity index (χ3v) is 7.14. The molecule has 1 atom stereocenters. The van der Waals surface area contributed by atoms with Crippen LogP contribution in [0, 0.1) is 5.92 Å². The molecule has 1 unspecified atom stereocenters. The SMILES string of the molecule is O=C(NCCO)c1sc2ccccc2c1C1CN(CC2CCCCC2)CCO1. The molecule has 0 spiro atoms. The van der Waals surface area contributed by atoms with Crippen LogP contribution in [0.2, 0.25) is 0 Å². The minimum absolute atomic E-state index is 0.0545. The minimum Gasteiger partial charge on any atom is -0.395 e. The van der Waals surface area contributed by atoms with Gasteiger partial charge in [0.15, 0.2) is 0 Å². The maximum atomic E-state index is 12.8. The molecule has 2 aliphatic rings. The van der Waals surface area contributed by atoms with E-state index >= 15 is 0 Å². The molecule has 2 aromatic rings. The van der Waals surface area contributed by atoms with Gasteiger partial charge < -0.3 is 15.2 Å². The number of nitrogens with zero attached hydrogens (tertiary/aromatic N) is 1. The average molecular weight is 403 g/mol. The fraction of sp³-hybridized carbons (Fsp3) is 0.591. The summed E-state index contributed by atoms with van der Waals surface area (Å²) in [6, 6.07) is 8.19. The van der Waals surface area contributed by atoms with Crippen LogP contribution >= 0.6 is 11.3 Å². The van der Waals surface area contributed by atoms with Crippen LogP contribution in [0.25, 0.3) is 10.1 Å². The van der Waals surface area contributed by atoms with Gasteiger partial charge in [-0.05, 0) is 30.2 Å². The van der Waals surface area contributed by atoms with E-state index in [-0.39, 0.29) is 25.2 Å². The number of hydrogen-bond acceptors (Lipinski definition) is 5. The van der Waals surface area contributed by atoms with Crippen molar-refractivity contribution >= 4 is 27.3 Å². The molecule has 4 rings (SSSR count). The monoisotopic (exact) mass is 402 g/mol. The van der Waals surface area contributed by atoms with Gasteiger partial charge in [-0.1, -0.05) is 37.5 Å². The topological polar surface area (TPSA) is 61.8 Å². The van der Waals surface area contributed by atoms with E-state index in [1.54, 1.807) is 0 Å². The van der Waals surface area contributed by atoms with E-state index in [1.807, 2.05) is 12.1 Å². The number of fused-ring (bicyclic) bond motifs is 1. The van der Waals surface area contributed by atoms with Gasteiger partial charge in [0.1, 0.15) is 0 Å². The lowest BCUT2D eigenvalue weighted by atomic mass is 9.88. The number of nitrogens with one attached hydrogen (secondary N) is 1. The van der Waals surface area contributed by atoms with Crippen molar-refractivity contribution in [1.82, 2.24) is 10.2 Å². The van der Waals surface area contributed by atoms with Gasteiger partial charge in [-0.15, -0.1) is 11.3 Å². The third kappa shape index (κ3) is 4.40. The molecule has 2 heterocycles. The fourth-order valence-corrected chi connectivity index (χ4v) is 5.75. The number of carbonyl (C=O) groups is 1. The van der Waals surface area contributed by atoms with Gasteiger partial charge in [0.05, 0.1) is 24.2 Å². The molecule has 1 aromatic heterocycles. The second-order valence-corrected chi connectivity index (χ2v) is 9.00. The van der Waals surface area contributed by atoms with Gasteiger partial charge in [-0.3, -0.25) is 9.69 Å². The highest BCUT2D eigenvalue weighted by atomic mass is 32.1. The highest BCUT2D eigenvalue weighted by Gasteiger charge is 2.30. The highest BCUT2D eigenvalue weighted by molar-refractivity contribution is 7.21. The van der Waals surface area contributed by atoms with E-state index in [0.717, 1.165) is 46.1 Å². The highest BCUT2D eigenvalue weighted by Crippen LogP contribution is 2.38. The number of rotatable bonds is 6. The minimum atomic E-state index is -0.113. The van der Waals surface area contributed by atoms with Crippen molar-refractivity contribution < 1.29 is 14.6 Å². The number of morpholine rings is 1. The first-order valence-electron chi connectivity index (χ1n) is 10.5. The zero-order valence-corrected chi connectivity index (χ0v) is 17.2. The van der Waals surface area contributed by atoms with Crippen molar-refractivity contribution in [2.75, 3.05) is 39.4 Å². The van der Waals surface area contributed by atoms with Crippen molar-refractivity contribution in [1.29, 1.82) is 0 Å². The quantitative estimate of drug-likeness (QED) is 0.775. The summed E-state index contributed by atoms with van der Waals surface area (Å²) in [6.07, 6.45) is 6.72. The normalized spacial score (nSPS) is 21.8. The first kappa shape index (κ1) is 19.8. The van der Waals surface area contributed by atoms with Gasteiger partial charge in [0, 0.05) is 36.4 Å². The van der Waals surface area contributed by atoms with Crippen LogP contribution in [0.4, 0.5) is 0 Å². The first-order chi connectivity index (χ1) is 13.8. The first-order valence-corrected chi connectivity index (χ1v) is 11.3. The summed E-state index contributed by atoms with van der Waals surface area (Å²) < 4.78 is 7.29. The average Bonchev–Trinajstić information content (AvgIpc) is 3.13. The van der Waals surface area contributed by atoms with Crippen LogP contribution in [0.3, 0.4) is 0 Å². The number of aliphatic hydroxyl groups excluding tert-OH is 1. The smallest absolute Gasteiger partial charge is 0.261 e. The third-order valence-electron chi connectivity index (χ3n) is 5.95. The predicted molar refractivity (Wildman–Crippen MR) is 113 cm³/mol. The maximum Gasteiger partial charge on any atom is 0.261 e. The van der Waals surface area contributed by atoms with Crippen molar-refractivity contribution in [3.05, 3.63) is 34.7 Å². The Morgan fingerprint density at radius 1 is 1.25 bits per heavy atom. The summed E-state index contributed by atoms with van der Waals surface area (Å²) >= 11 is 1.52. The van der Waals surface area contributed by atoms with Crippen LogP contribution in [0.15, 0.2) is 24.3 Å². The molecule has 1 amide bonds. The van der Waals surface area contributed by atoms with Crippen molar-refractivity contribution in [3.63, 3.8) is 0 Å². The fourth-order valence-electron chi connectivity index (χ4n) is 4.58. The molecule has 1 saturated heterocycles. The van der Waals surface area contributed by atoms with Gasteiger partial charge in [0.2, 0.25) is 0 Å². The Bertz CT molecular complexity index is 800. The lowest BCUT2D eigenvalue weighted by molar-refractivity contribution is -0.0353. The summed E-state index contributed by atoms with van der Waals surface area (Å²) in [5, 5.41) is 13.0. The Hall–Kier alpha value is -1.47. The molecule has 2 N–H and O–H groups in total. The lowest BCUT2D eigenvalue weighted by Gasteiger charge is -2.36. The molecular weight excluding hydrogens is 372 g/mol. The molecule has 1 saturated carbocycles. The summed E-state index contributed by atoms with van der Waals surface area (Å²) in [7, 11) is 0. The largest absolute Gasteiger partial charge is 0.395 e. The number of hydrogen-bond donors (Lipinski definition) is 2. The Kier molecular flexibility index (Phi) is 6.62. The molecule has 6 heteroatoms. The van der Waals surface area contributed by atoms with E-state index in [1.165, 1.54) is 43.4 Å². The summed E-state index contributed by atoms with van der Waals surface area (Å²) in [4.78, 5) is 16.0. The Morgan fingerprint density at radius 3 is 2.89 bits per heavy atom. The van der Waals surface area contributed by atoms with Crippen LogP contribution < -0.4 is 5.32 Å². The molecular formula is C22H30N2O3S. The number of thiophene rings is 1. The Morgan fingerprint density at radius 2 is 2.07 bits per heavy atom. The number of aliphatic hydroxyl groups is 1. The van der Waals surface area contributed by atoms with Crippen molar-refractivity contribution in [2.45, 2.75) is 38.2 Å². The van der Waals surface area contributed by atoms with Gasteiger partial charge in [-0.2, -0.15) is 0 Å². The van der Waals surface area contributed by atoms with Crippen LogP contribution in [-0.4, -0.2) is 55.3 Å². The molecule has 1 aliphatic carbocycles. The summed E-state index contributed by atoms with van der Waals surface area (Å²) in [5.74, 6) is 0.692. The second-order valence-electron chi connectivity index (χ2n) is 7.94.